The first kappa shape index (κ1) is 77.8. The third-order valence-corrected chi connectivity index (χ3v) is 0. The predicted octanol–water partition coefficient (Wildman–Crippen LogP) is -2.38. The fourth-order valence-corrected chi connectivity index (χ4v) is 0. The molecule has 0 fully saturated rings. The van der Waals surface area contributed by atoms with Gasteiger partial charge in [-0.2, -0.15) is 0 Å². The Bertz CT molecular complexity index is 19.7. The molecule has 0 amide bonds. The van der Waals surface area contributed by atoms with E-state index in [9.17, 15) is 0 Å². The van der Waals surface area contributed by atoms with Crippen molar-refractivity contribution < 1.29 is 88.8 Å². The maximum atomic E-state index is 0. The van der Waals surface area contributed by atoms with Crippen molar-refractivity contribution in [2.24, 2.45) is 0 Å². The normalized spacial score (nSPS) is 0. The average molecular weight is 434 g/mol. The van der Waals surface area contributed by atoms with Crippen LogP contribution in [0.2, 0.25) is 0 Å². The van der Waals surface area contributed by atoms with Crippen molar-refractivity contribution in [1.29, 1.82) is 0 Å². The first-order chi connectivity index (χ1) is 0. The first-order valence-corrected chi connectivity index (χ1v) is 0. The SMILES string of the molecule is [Co].[Cr].[Mn].[Mo].[Ni].[SeH2].[SiH4]. The minimum Gasteiger partial charge on any atom is -0.0149 e. The second kappa shape index (κ2) is 56.3. The van der Waals surface area contributed by atoms with Crippen molar-refractivity contribution in [2.45, 2.75) is 0 Å². The molecule has 0 aliphatic heterocycles. The summed E-state index contributed by atoms with van der Waals surface area (Å²) in [6, 6.07) is 0. The summed E-state index contributed by atoms with van der Waals surface area (Å²) in [5, 5.41) is 0. The first-order valence-electron chi connectivity index (χ1n) is 0. The Hall–Kier alpha value is 3.48. The van der Waals surface area contributed by atoms with Gasteiger partial charge in [0, 0.05) is 88.8 Å². The molecule has 0 spiro atoms. The van der Waals surface area contributed by atoms with Gasteiger partial charge in [0.2, 0.25) is 0 Å². The van der Waals surface area contributed by atoms with E-state index in [-0.39, 0.29) is 117 Å². The molecule has 0 unspecified atom stereocenters. The average Bonchev–Trinajstić information content (AvgIpc) is 0. The summed E-state index contributed by atoms with van der Waals surface area (Å²) in [6.45, 7) is 0. The topological polar surface area (TPSA) is 0 Å². The summed E-state index contributed by atoms with van der Waals surface area (Å²) < 4.78 is 0. The molecular formula is H6CoCrMnMoNiSeSi. The molecule has 0 saturated carbocycles. The molecule has 0 bridgehead atoms. The summed E-state index contributed by atoms with van der Waals surface area (Å²) in [5.41, 5.74) is 0. The Morgan fingerprint density at radius 1 is 1.00 bits per heavy atom. The van der Waals surface area contributed by atoms with Gasteiger partial charge in [-0.1, -0.05) is 0 Å². The van der Waals surface area contributed by atoms with Gasteiger partial charge in [0.25, 0.3) is 0 Å². The number of hydrogen-bond acceptors (Lipinski definition) is 0. The molecular weight excluding hydrogens is 428 g/mol. The van der Waals surface area contributed by atoms with E-state index in [0.29, 0.717) is 0 Å². The van der Waals surface area contributed by atoms with Gasteiger partial charge in [-0.15, -0.1) is 0 Å². The molecule has 0 aromatic rings. The van der Waals surface area contributed by atoms with E-state index in [2.05, 4.69) is 0 Å². The van der Waals surface area contributed by atoms with E-state index in [1.807, 2.05) is 0 Å². The zero-order chi connectivity index (χ0) is 0. The van der Waals surface area contributed by atoms with Crippen LogP contribution in [0.1, 0.15) is 0 Å². The van der Waals surface area contributed by atoms with Crippen LogP contribution in [0.3, 0.4) is 0 Å². The maximum absolute atomic E-state index is 0. The van der Waals surface area contributed by atoms with E-state index < -0.39 is 0 Å². The monoisotopic (exact) mass is 436 g/mol. The Morgan fingerprint density at radius 3 is 1.00 bits per heavy atom. The molecule has 0 saturated heterocycles. The molecule has 2 radical (unpaired) electrons. The fraction of sp³-hybridized carbons (Fsp3) is 0. The third-order valence-electron chi connectivity index (χ3n) is 0. The van der Waals surface area contributed by atoms with Crippen LogP contribution < -0.4 is 0 Å². The molecule has 7 heavy (non-hydrogen) atoms. The summed E-state index contributed by atoms with van der Waals surface area (Å²) >= 11 is 0. The van der Waals surface area contributed by atoms with Crippen LogP contribution in [0.5, 0.6) is 0 Å². The van der Waals surface area contributed by atoms with E-state index in [1.54, 1.807) is 0 Å². The Labute approximate surface area is 115 Å². The van der Waals surface area contributed by atoms with Crippen molar-refractivity contribution >= 4 is 28.0 Å². The van der Waals surface area contributed by atoms with Crippen molar-refractivity contribution in [3.05, 3.63) is 0 Å². The van der Waals surface area contributed by atoms with Crippen molar-refractivity contribution in [3.63, 3.8) is 0 Å². The second-order valence-electron chi connectivity index (χ2n) is 0. The second-order valence-corrected chi connectivity index (χ2v) is 0. The molecule has 0 aromatic carbocycles. The molecule has 0 heterocycles. The summed E-state index contributed by atoms with van der Waals surface area (Å²) in [4.78, 5) is 0. The Kier molecular flexibility index (Phi) is 626. The van der Waals surface area contributed by atoms with Gasteiger partial charge in [-0.05, 0) is 11.0 Å². The summed E-state index contributed by atoms with van der Waals surface area (Å²) in [7, 11) is 0. The quantitative estimate of drug-likeness (QED) is 0.375. The summed E-state index contributed by atoms with van der Waals surface area (Å²) in [6.07, 6.45) is 0. The van der Waals surface area contributed by atoms with Gasteiger partial charge in [-0.3, -0.25) is 0 Å². The minimum absolute atomic E-state index is 0. The van der Waals surface area contributed by atoms with Crippen LogP contribution in [0.4, 0.5) is 0 Å². The molecule has 7 heteroatoms. The van der Waals surface area contributed by atoms with E-state index >= 15 is 0 Å². The number of hydrogen-bond donors (Lipinski definition) is 0. The predicted molar refractivity (Wildman–Crippen MR) is 19.9 cm³/mol. The van der Waals surface area contributed by atoms with Crippen LogP contribution in [0, 0.1) is 0 Å². The van der Waals surface area contributed by atoms with E-state index in [4.69, 9.17) is 0 Å². The van der Waals surface area contributed by atoms with Crippen LogP contribution in [0.15, 0.2) is 0 Å². The fourth-order valence-electron chi connectivity index (χ4n) is 0. The molecule has 0 rings (SSSR count). The maximum Gasteiger partial charge on any atom is -0.0149 e. The number of rotatable bonds is 0. The van der Waals surface area contributed by atoms with Gasteiger partial charge in [-0.25, -0.2) is 0 Å². The third kappa shape index (κ3) is 43.8. The Morgan fingerprint density at radius 2 is 1.00 bits per heavy atom. The molecule has 0 nitrogen and oxygen atoms in total. The zero-order valence-electron chi connectivity index (χ0n) is 2.34. The van der Waals surface area contributed by atoms with Crippen LogP contribution in [0.25, 0.3) is 0 Å². The van der Waals surface area contributed by atoms with Crippen LogP contribution >= 0.6 is 0 Å². The molecule has 0 atom stereocenters. The van der Waals surface area contributed by atoms with Crippen molar-refractivity contribution in [2.75, 3.05) is 0 Å². The summed E-state index contributed by atoms with van der Waals surface area (Å²) in [5.74, 6) is 0. The minimum atomic E-state index is 0. The van der Waals surface area contributed by atoms with Crippen LogP contribution in [-0.4, -0.2) is 28.0 Å². The van der Waals surface area contributed by atoms with Gasteiger partial charge in [0.05, 0.1) is 0 Å². The van der Waals surface area contributed by atoms with E-state index in [1.165, 1.54) is 0 Å². The van der Waals surface area contributed by atoms with Gasteiger partial charge >= 0.3 is 17.1 Å². The zero-order valence-corrected chi connectivity index (χ0v) is 10.9. The van der Waals surface area contributed by atoms with Gasteiger partial charge in [0.1, 0.15) is 0 Å². The molecule has 0 aromatic heterocycles. The standard InChI is InChI=1S/Co.Cr.Mn.Mo.Ni.H2Se.H4Si/h;;;;;1H2;1H4. The molecule has 54 valence electrons. The van der Waals surface area contributed by atoms with Gasteiger partial charge in [0.15, 0.2) is 0 Å². The molecule has 0 N–H and O–H groups in total. The van der Waals surface area contributed by atoms with Gasteiger partial charge < -0.3 is 0 Å². The van der Waals surface area contributed by atoms with Crippen molar-refractivity contribution in [1.82, 2.24) is 0 Å². The van der Waals surface area contributed by atoms with Crippen molar-refractivity contribution in [3.8, 4) is 0 Å². The molecule has 0 aliphatic rings. The Balaban J connectivity index is 0. The largest absolute Gasteiger partial charge is 0.0149 e. The van der Waals surface area contributed by atoms with Crippen LogP contribution in [-0.2, 0) is 88.8 Å². The van der Waals surface area contributed by atoms with E-state index in [0.717, 1.165) is 0 Å². The molecule has 0 aliphatic carbocycles. The smallest absolute Gasteiger partial charge is 0.0149 e.